The first-order chi connectivity index (χ1) is 9.54. The van der Waals surface area contributed by atoms with Crippen LogP contribution in [0.25, 0.3) is 0 Å². The van der Waals surface area contributed by atoms with Crippen LogP contribution in [0, 0.1) is 5.82 Å². The van der Waals surface area contributed by atoms with Gasteiger partial charge in [0.25, 0.3) is 0 Å². The zero-order chi connectivity index (χ0) is 14.5. The Morgan fingerprint density at radius 1 is 1.20 bits per heavy atom. The third-order valence-corrected chi connectivity index (χ3v) is 3.54. The quantitative estimate of drug-likeness (QED) is 0.761. The lowest BCUT2D eigenvalue weighted by molar-refractivity contribution is 0.631. The molecule has 0 saturated heterocycles. The van der Waals surface area contributed by atoms with Gasteiger partial charge in [-0.3, -0.25) is 0 Å². The number of halogens is 3. The molecule has 0 bridgehead atoms. The Bertz CT molecular complexity index is 619. The molecule has 0 unspecified atom stereocenters. The molecule has 2 aromatic rings. The lowest BCUT2D eigenvalue weighted by Gasteiger charge is -2.11. The van der Waals surface area contributed by atoms with Gasteiger partial charge in [0, 0.05) is 16.0 Å². The summed E-state index contributed by atoms with van der Waals surface area (Å²) >= 11 is 14.1. The van der Waals surface area contributed by atoms with E-state index >= 15 is 0 Å². The van der Waals surface area contributed by atoms with Crippen molar-refractivity contribution in [3.8, 4) is 0 Å². The van der Waals surface area contributed by atoms with Gasteiger partial charge in [0.2, 0.25) is 0 Å². The molecule has 0 radical (unpaired) electrons. The SMILES string of the molecule is Fc1cc(Br)ccc1NC(=S)NCc1ccc(Cl)cc1. The first-order valence-electron chi connectivity index (χ1n) is 5.79. The van der Waals surface area contributed by atoms with Gasteiger partial charge in [-0.15, -0.1) is 0 Å². The van der Waals surface area contributed by atoms with Crippen LogP contribution in [-0.4, -0.2) is 5.11 Å². The van der Waals surface area contributed by atoms with E-state index in [2.05, 4.69) is 26.6 Å². The van der Waals surface area contributed by atoms with Crippen LogP contribution in [0.1, 0.15) is 5.56 Å². The van der Waals surface area contributed by atoms with Crippen LogP contribution >= 0.6 is 39.7 Å². The molecule has 104 valence electrons. The Kier molecular flexibility index (Phi) is 5.34. The van der Waals surface area contributed by atoms with Crippen molar-refractivity contribution in [3.05, 3.63) is 63.3 Å². The van der Waals surface area contributed by atoms with Gasteiger partial charge in [-0.05, 0) is 48.1 Å². The van der Waals surface area contributed by atoms with Crippen LogP contribution in [0.5, 0.6) is 0 Å². The maximum Gasteiger partial charge on any atom is 0.171 e. The largest absolute Gasteiger partial charge is 0.358 e. The molecule has 6 heteroatoms. The normalized spacial score (nSPS) is 10.2. The Balaban J connectivity index is 1.90. The molecular weight excluding hydrogens is 363 g/mol. The molecule has 0 aliphatic heterocycles. The van der Waals surface area contributed by atoms with E-state index < -0.39 is 0 Å². The van der Waals surface area contributed by atoms with Gasteiger partial charge in [0.15, 0.2) is 5.11 Å². The van der Waals surface area contributed by atoms with Crippen molar-refractivity contribution in [1.29, 1.82) is 0 Å². The van der Waals surface area contributed by atoms with Gasteiger partial charge in [-0.2, -0.15) is 0 Å². The Labute approximate surface area is 135 Å². The third kappa shape index (κ3) is 4.44. The molecule has 2 aromatic carbocycles. The lowest BCUT2D eigenvalue weighted by Crippen LogP contribution is -2.28. The molecule has 0 atom stereocenters. The second-order valence-electron chi connectivity index (χ2n) is 4.06. The van der Waals surface area contributed by atoms with Crippen LogP contribution in [-0.2, 0) is 6.54 Å². The molecule has 2 nitrogen and oxygen atoms in total. The van der Waals surface area contributed by atoms with Gasteiger partial charge in [0.1, 0.15) is 5.82 Å². The first-order valence-corrected chi connectivity index (χ1v) is 7.37. The Morgan fingerprint density at radius 3 is 2.55 bits per heavy atom. The van der Waals surface area contributed by atoms with E-state index in [4.69, 9.17) is 23.8 Å². The van der Waals surface area contributed by atoms with Crippen LogP contribution in [0.15, 0.2) is 46.9 Å². The van der Waals surface area contributed by atoms with Crippen LogP contribution < -0.4 is 10.6 Å². The van der Waals surface area contributed by atoms with Crippen molar-refractivity contribution in [2.24, 2.45) is 0 Å². The Hall–Kier alpha value is -1.17. The van der Waals surface area contributed by atoms with E-state index in [9.17, 15) is 4.39 Å². The summed E-state index contributed by atoms with van der Waals surface area (Å²) in [4.78, 5) is 0. The third-order valence-electron chi connectivity index (χ3n) is 2.55. The number of anilines is 1. The highest BCUT2D eigenvalue weighted by molar-refractivity contribution is 9.10. The van der Waals surface area contributed by atoms with Crippen molar-refractivity contribution in [2.75, 3.05) is 5.32 Å². The highest BCUT2D eigenvalue weighted by Gasteiger charge is 2.04. The minimum atomic E-state index is -0.366. The van der Waals surface area contributed by atoms with Gasteiger partial charge in [0.05, 0.1) is 5.69 Å². The van der Waals surface area contributed by atoms with E-state index in [1.165, 1.54) is 6.07 Å². The van der Waals surface area contributed by atoms with Crippen molar-refractivity contribution < 1.29 is 4.39 Å². The minimum absolute atomic E-state index is 0.335. The van der Waals surface area contributed by atoms with Crippen LogP contribution in [0.4, 0.5) is 10.1 Å². The first kappa shape index (κ1) is 15.2. The number of hydrogen-bond acceptors (Lipinski definition) is 1. The number of nitrogens with one attached hydrogen (secondary N) is 2. The molecule has 0 aliphatic rings. The molecule has 0 heterocycles. The number of benzene rings is 2. The summed E-state index contributed by atoms with van der Waals surface area (Å²) in [7, 11) is 0. The summed E-state index contributed by atoms with van der Waals surface area (Å²) in [6, 6.07) is 12.2. The molecule has 0 saturated carbocycles. The predicted octanol–water partition coefficient (Wildman–Crippen LogP) is 4.73. The van der Waals surface area contributed by atoms with Gasteiger partial charge in [-0.25, -0.2) is 4.39 Å². The monoisotopic (exact) mass is 372 g/mol. The van der Waals surface area contributed by atoms with E-state index in [-0.39, 0.29) is 5.82 Å². The summed E-state index contributed by atoms with van der Waals surface area (Å²) in [5.41, 5.74) is 1.37. The summed E-state index contributed by atoms with van der Waals surface area (Å²) < 4.78 is 14.3. The van der Waals surface area contributed by atoms with Crippen molar-refractivity contribution in [1.82, 2.24) is 5.32 Å². The highest BCUT2D eigenvalue weighted by Crippen LogP contribution is 2.19. The average Bonchev–Trinajstić information content (AvgIpc) is 2.41. The predicted molar refractivity (Wildman–Crippen MR) is 88.6 cm³/mol. The molecule has 0 spiro atoms. The summed E-state index contributed by atoms with van der Waals surface area (Å²) in [6.07, 6.45) is 0. The smallest absolute Gasteiger partial charge is 0.171 e. The molecule has 20 heavy (non-hydrogen) atoms. The van der Waals surface area contributed by atoms with Crippen LogP contribution in [0.2, 0.25) is 5.02 Å². The summed E-state index contributed by atoms with van der Waals surface area (Å²) in [5.74, 6) is -0.366. The van der Waals surface area contributed by atoms with E-state index in [1.807, 2.05) is 24.3 Å². The maximum atomic E-state index is 13.6. The lowest BCUT2D eigenvalue weighted by atomic mass is 10.2. The van der Waals surface area contributed by atoms with E-state index in [1.54, 1.807) is 12.1 Å². The second-order valence-corrected chi connectivity index (χ2v) is 5.82. The maximum absolute atomic E-state index is 13.6. The van der Waals surface area contributed by atoms with Crippen molar-refractivity contribution in [2.45, 2.75) is 6.54 Å². The van der Waals surface area contributed by atoms with Gasteiger partial charge in [-0.1, -0.05) is 39.7 Å². The zero-order valence-electron chi connectivity index (χ0n) is 10.3. The molecular formula is C14H11BrClFN2S. The molecule has 0 amide bonds. The topological polar surface area (TPSA) is 24.1 Å². The average molecular weight is 374 g/mol. The molecule has 2 rings (SSSR count). The molecule has 0 fully saturated rings. The highest BCUT2D eigenvalue weighted by atomic mass is 79.9. The fraction of sp³-hybridized carbons (Fsp3) is 0.0714. The standard InChI is InChI=1S/C14H11BrClFN2S/c15-10-3-6-13(12(17)7-10)19-14(20)18-8-9-1-4-11(16)5-2-9/h1-7H,8H2,(H2,18,19,20). The van der Waals surface area contributed by atoms with Crippen molar-refractivity contribution in [3.63, 3.8) is 0 Å². The minimum Gasteiger partial charge on any atom is -0.358 e. The zero-order valence-corrected chi connectivity index (χ0v) is 13.4. The van der Waals surface area contributed by atoms with E-state index in [0.717, 1.165) is 5.56 Å². The summed E-state index contributed by atoms with van der Waals surface area (Å²) in [6.45, 7) is 0.543. The second kappa shape index (κ2) is 7.02. The molecule has 2 N–H and O–H groups in total. The number of thiocarbonyl (C=S) groups is 1. The van der Waals surface area contributed by atoms with Gasteiger partial charge < -0.3 is 10.6 Å². The van der Waals surface area contributed by atoms with Crippen LogP contribution in [0.3, 0.4) is 0 Å². The number of rotatable bonds is 3. The Morgan fingerprint density at radius 2 is 1.90 bits per heavy atom. The van der Waals surface area contributed by atoms with Crippen molar-refractivity contribution >= 4 is 50.5 Å². The van der Waals surface area contributed by atoms with Gasteiger partial charge >= 0.3 is 0 Å². The number of hydrogen-bond donors (Lipinski definition) is 2. The van der Waals surface area contributed by atoms with E-state index in [0.29, 0.717) is 26.8 Å². The molecule has 0 aromatic heterocycles. The fourth-order valence-corrected chi connectivity index (χ4v) is 2.18. The molecule has 0 aliphatic carbocycles. The fourth-order valence-electron chi connectivity index (χ4n) is 1.54. The summed E-state index contributed by atoms with van der Waals surface area (Å²) in [5, 5.41) is 6.87.